The minimum absolute atomic E-state index is 0.861. The fraction of sp³-hybridized carbons (Fsp3) is 0.100. The molecule has 0 aliphatic carbocycles. The zero-order valence-corrected chi connectivity index (χ0v) is 6.80. The topological polar surface area (TPSA) is 23.9 Å². The number of nitrogens with one attached hydrogen (secondary N) is 1. The monoisotopic (exact) mass is 147 g/mol. The van der Waals surface area contributed by atoms with Gasteiger partial charge in [-0.3, -0.25) is 0 Å². The highest BCUT2D eigenvalue weighted by Crippen LogP contribution is 2.07. The average Bonchev–Trinajstić information content (AvgIpc) is 2.05. The van der Waals surface area contributed by atoms with Gasteiger partial charge in [0.25, 0.3) is 0 Å². The van der Waals surface area contributed by atoms with Gasteiger partial charge in [-0.25, -0.2) is 0 Å². The van der Waals surface area contributed by atoms with Crippen molar-refractivity contribution in [3.63, 3.8) is 0 Å². The summed E-state index contributed by atoms with van der Waals surface area (Å²) in [6.45, 7) is 9.10. The van der Waals surface area contributed by atoms with Crippen LogP contribution in [0.3, 0.4) is 0 Å². The number of hydrogen-bond donors (Lipinski definition) is 1. The van der Waals surface area contributed by atoms with Crippen LogP contribution in [0.5, 0.6) is 0 Å². The number of rotatable bonds is 4. The molecular formula is C10H13N. The summed E-state index contributed by atoms with van der Waals surface area (Å²) in [7, 11) is 0. The van der Waals surface area contributed by atoms with Crippen LogP contribution in [-0.4, -0.2) is 6.21 Å². The molecular weight excluding hydrogens is 134 g/mol. The lowest BCUT2D eigenvalue weighted by atomic mass is 10.1. The highest BCUT2D eigenvalue weighted by Gasteiger charge is 1.93. The third kappa shape index (κ3) is 2.80. The Balaban J connectivity index is 4.75. The van der Waals surface area contributed by atoms with E-state index < -0.39 is 0 Å². The van der Waals surface area contributed by atoms with E-state index in [0.29, 0.717) is 0 Å². The van der Waals surface area contributed by atoms with Crippen LogP contribution >= 0.6 is 0 Å². The van der Waals surface area contributed by atoms with Crippen LogP contribution in [0.2, 0.25) is 0 Å². The molecule has 1 heteroatoms. The van der Waals surface area contributed by atoms with Gasteiger partial charge in [0.2, 0.25) is 0 Å². The van der Waals surface area contributed by atoms with Crippen molar-refractivity contribution in [2.45, 2.75) is 6.92 Å². The van der Waals surface area contributed by atoms with Gasteiger partial charge in [-0.05, 0) is 18.1 Å². The Morgan fingerprint density at radius 3 is 2.18 bits per heavy atom. The van der Waals surface area contributed by atoms with Crippen molar-refractivity contribution < 1.29 is 0 Å². The van der Waals surface area contributed by atoms with E-state index in [1.807, 2.05) is 19.1 Å². The molecule has 11 heavy (non-hydrogen) atoms. The van der Waals surface area contributed by atoms with Crippen LogP contribution in [-0.2, 0) is 0 Å². The van der Waals surface area contributed by atoms with Crippen LogP contribution in [0.15, 0.2) is 48.6 Å². The normalized spacial score (nSPS) is 12.5. The van der Waals surface area contributed by atoms with Gasteiger partial charge in [0.05, 0.1) is 0 Å². The molecule has 0 saturated carbocycles. The summed E-state index contributed by atoms with van der Waals surface area (Å²) < 4.78 is 0. The summed E-state index contributed by atoms with van der Waals surface area (Å²) in [4.78, 5) is 0. The van der Waals surface area contributed by atoms with Crippen molar-refractivity contribution in [2.24, 2.45) is 0 Å². The molecule has 0 aromatic heterocycles. The Labute approximate surface area is 68.0 Å². The largest absolute Gasteiger partial charge is 0.308 e. The minimum Gasteiger partial charge on any atom is -0.308 e. The Bertz CT molecular complexity index is 219. The first-order valence-electron chi connectivity index (χ1n) is 3.42. The second-order valence-electron chi connectivity index (χ2n) is 1.95. The van der Waals surface area contributed by atoms with E-state index in [-0.39, 0.29) is 0 Å². The predicted molar refractivity (Wildman–Crippen MR) is 51.0 cm³/mol. The van der Waals surface area contributed by atoms with E-state index in [1.165, 1.54) is 6.21 Å². The molecule has 0 spiro atoms. The van der Waals surface area contributed by atoms with Gasteiger partial charge in [0.1, 0.15) is 0 Å². The molecule has 1 N–H and O–H groups in total. The van der Waals surface area contributed by atoms with E-state index in [0.717, 1.165) is 11.1 Å². The quantitative estimate of drug-likeness (QED) is 0.467. The maximum atomic E-state index is 7.06. The second-order valence-corrected chi connectivity index (χ2v) is 1.95. The fourth-order valence-electron chi connectivity index (χ4n) is 0.742. The van der Waals surface area contributed by atoms with Crippen molar-refractivity contribution in [3.05, 3.63) is 48.6 Å². The van der Waals surface area contributed by atoms with Gasteiger partial charge in [-0.1, -0.05) is 37.5 Å². The van der Waals surface area contributed by atoms with Gasteiger partial charge in [0.15, 0.2) is 0 Å². The van der Waals surface area contributed by atoms with Crippen LogP contribution in [0, 0.1) is 5.41 Å². The first kappa shape index (κ1) is 9.63. The van der Waals surface area contributed by atoms with Crippen LogP contribution in [0.25, 0.3) is 0 Å². The van der Waals surface area contributed by atoms with Crippen LogP contribution in [0.1, 0.15) is 6.92 Å². The Morgan fingerprint density at radius 2 is 1.91 bits per heavy atom. The van der Waals surface area contributed by atoms with Gasteiger partial charge in [-0.15, -0.1) is 0 Å². The molecule has 0 radical (unpaired) electrons. The molecule has 0 aliphatic rings. The summed E-state index contributed by atoms with van der Waals surface area (Å²) in [5.41, 5.74) is 1.79. The first-order valence-corrected chi connectivity index (χ1v) is 3.42. The summed E-state index contributed by atoms with van der Waals surface area (Å²) in [6.07, 6.45) is 8.39. The molecule has 0 unspecified atom stereocenters. The molecule has 0 rings (SSSR count). The second kappa shape index (κ2) is 5.42. The number of hydrogen-bond acceptors (Lipinski definition) is 1. The average molecular weight is 147 g/mol. The molecule has 0 aliphatic heterocycles. The van der Waals surface area contributed by atoms with E-state index in [9.17, 15) is 0 Å². The maximum absolute atomic E-state index is 7.06. The third-order valence-electron chi connectivity index (χ3n) is 1.32. The molecule has 0 heterocycles. The van der Waals surface area contributed by atoms with Crippen LogP contribution < -0.4 is 0 Å². The smallest absolute Gasteiger partial charge is 0.0253 e. The minimum atomic E-state index is 0.861. The van der Waals surface area contributed by atoms with Crippen molar-refractivity contribution >= 4 is 6.21 Å². The SMILES string of the molecule is C=C/C=C(C=C)/C(C=N)=C/C. The summed E-state index contributed by atoms with van der Waals surface area (Å²) in [6, 6.07) is 0. The lowest BCUT2D eigenvalue weighted by molar-refractivity contribution is 1.50. The molecule has 0 aromatic rings. The Morgan fingerprint density at radius 1 is 1.27 bits per heavy atom. The Kier molecular flexibility index (Phi) is 4.74. The van der Waals surface area contributed by atoms with Crippen molar-refractivity contribution in [3.8, 4) is 0 Å². The molecule has 0 aromatic carbocycles. The molecule has 1 nitrogen and oxygen atoms in total. The predicted octanol–water partition coefficient (Wildman–Crippen LogP) is 2.88. The summed E-state index contributed by atoms with van der Waals surface area (Å²) in [5.74, 6) is 0. The van der Waals surface area contributed by atoms with Crippen LogP contribution in [0.4, 0.5) is 0 Å². The van der Waals surface area contributed by atoms with E-state index in [1.54, 1.807) is 12.2 Å². The molecule has 58 valence electrons. The fourth-order valence-corrected chi connectivity index (χ4v) is 0.742. The van der Waals surface area contributed by atoms with Crippen molar-refractivity contribution in [1.29, 1.82) is 5.41 Å². The van der Waals surface area contributed by atoms with Crippen molar-refractivity contribution in [1.82, 2.24) is 0 Å². The lowest BCUT2D eigenvalue weighted by Crippen LogP contribution is -1.85. The zero-order valence-electron chi connectivity index (χ0n) is 6.80. The first-order chi connectivity index (χ1) is 5.29. The number of allylic oxidation sites excluding steroid dienone is 6. The molecule has 0 fully saturated rings. The van der Waals surface area contributed by atoms with Gasteiger partial charge < -0.3 is 5.41 Å². The highest BCUT2D eigenvalue weighted by molar-refractivity contribution is 5.83. The van der Waals surface area contributed by atoms with E-state index in [2.05, 4.69) is 13.2 Å². The molecule has 0 bridgehead atoms. The van der Waals surface area contributed by atoms with Crippen molar-refractivity contribution in [2.75, 3.05) is 0 Å². The van der Waals surface area contributed by atoms with E-state index in [4.69, 9.17) is 5.41 Å². The Hall–Kier alpha value is -1.37. The highest BCUT2D eigenvalue weighted by atomic mass is 14.3. The molecule has 0 atom stereocenters. The maximum Gasteiger partial charge on any atom is 0.0253 e. The zero-order chi connectivity index (χ0) is 8.69. The summed E-state index contributed by atoms with van der Waals surface area (Å²) in [5, 5.41) is 7.06. The van der Waals surface area contributed by atoms with E-state index >= 15 is 0 Å². The third-order valence-corrected chi connectivity index (χ3v) is 1.32. The molecule has 0 amide bonds. The van der Waals surface area contributed by atoms with Gasteiger partial charge in [-0.2, -0.15) is 0 Å². The standard InChI is InChI=1S/C10H13N/c1-4-7-9(5-2)10(6-3)8-11/h4-8,11H,1-2H2,3H3/b9-7+,10-6+,11-8?. The van der Waals surface area contributed by atoms with Gasteiger partial charge >= 0.3 is 0 Å². The molecule has 0 saturated heterocycles. The summed E-state index contributed by atoms with van der Waals surface area (Å²) >= 11 is 0. The lowest BCUT2D eigenvalue weighted by Gasteiger charge is -1.98. The van der Waals surface area contributed by atoms with Gasteiger partial charge in [0, 0.05) is 6.21 Å².